The van der Waals surface area contributed by atoms with E-state index >= 15 is 0 Å². The van der Waals surface area contributed by atoms with Gasteiger partial charge in [0.25, 0.3) is 0 Å². The largest absolute Gasteiger partial charge is 0.456 e. The lowest BCUT2D eigenvalue weighted by Gasteiger charge is -2.26. The zero-order valence-electron chi connectivity index (χ0n) is 28.8. The highest BCUT2D eigenvalue weighted by Gasteiger charge is 2.26. The molecule has 2 heteroatoms. The average molecular weight is 658 g/mol. The number of anilines is 3. The van der Waals surface area contributed by atoms with Gasteiger partial charge in [0.1, 0.15) is 11.3 Å². The Hall–Kier alpha value is -6.12. The molecule has 7 aromatic rings. The van der Waals surface area contributed by atoms with Crippen LogP contribution in [0.4, 0.5) is 17.1 Å². The topological polar surface area (TPSA) is 16.4 Å². The van der Waals surface area contributed by atoms with Gasteiger partial charge in [-0.25, -0.2) is 0 Å². The summed E-state index contributed by atoms with van der Waals surface area (Å²) in [6, 6.07) is 54.7. The van der Waals surface area contributed by atoms with Gasteiger partial charge >= 0.3 is 0 Å². The van der Waals surface area contributed by atoms with Crippen LogP contribution in [0, 0.1) is 0 Å². The molecule has 0 radical (unpaired) electrons. The highest BCUT2D eigenvalue weighted by molar-refractivity contribution is 5.92. The number of allylic oxidation sites excluding steroid dienone is 5. The summed E-state index contributed by atoms with van der Waals surface area (Å²) in [5.41, 5.74) is 15.4. The maximum Gasteiger partial charge on any atom is 0.139 e. The molecule has 2 nitrogen and oxygen atoms in total. The van der Waals surface area contributed by atoms with Gasteiger partial charge in [-0.05, 0) is 113 Å². The predicted molar refractivity (Wildman–Crippen MR) is 215 cm³/mol. The Balaban J connectivity index is 1.07. The Bertz CT molecular complexity index is 2420. The van der Waals surface area contributed by atoms with Crippen LogP contribution in [0.25, 0.3) is 44.4 Å². The summed E-state index contributed by atoms with van der Waals surface area (Å²) in [4.78, 5) is 2.35. The van der Waals surface area contributed by atoms with E-state index in [1.165, 1.54) is 55.5 Å². The first-order valence-corrected chi connectivity index (χ1v) is 18.1. The lowest BCUT2D eigenvalue weighted by molar-refractivity contribution is 0.581. The molecular formula is C49H39NO. The molecule has 0 N–H and O–H groups in total. The van der Waals surface area contributed by atoms with Crippen molar-refractivity contribution in [2.45, 2.75) is 32.1 Å². The fourth-order valence-corrected chi connectivity index (χ4v) is 7.69. The van der Waals surface area contributed by atoms with E-state index in [4.69, 9.17) is 4.42 Å². The van der Waals surface area contributed by atoms with Crippen molar-refractivity contribution in [1.82, 2.24) is 0 Å². The van der Waals surface area contributed by atoms with E-state index in [9.17, 15) is 0 Å². The molecular weight excluding hydrogens is 619 g/mol. The minimum atomic E-state index is 0.425. The summed E-state index contributed by atoms with van der Waals surface area (Å²) in [5, 5.41) is 1.23. The van der Waals surface area contributed by atoms with Crippen molar-refractivity contribution in [3.05, 3.63) is 198 Å². The lowest BCUT2D eigenvalue weighted by atomic mass is 9.85. The second-order valence-corrected chi connectivity index (χ2v) is 13.7. The van der Waals surface area contributed by atoms with E-state index in [1.807, 2.05) is 0 Å². The molecule has 2 aliphatic rings. The van der Waals surface area contributed by atoms with Gasteiger partial charge in [0, 0.05) is 33.6 Å². The van der Waals surface area contributed by atoms with Crippen LogP contribution in [0.1, 0.15) is 54.6 Å². The molecule has 0 bridgehead atoms. The van der Waals surface area contributed by atoms with E-state index in [0.29, 0.717) is 5.92 Å². The second-order valence-electron chi connectivity index (χ2n) is 13.7. The molecule has 0 saturated carbocycles. The van der Waals surface area contributed by atoms with Crippen LogP contribution in [0.5, 0.6) is 0 Å². The monoisotopic (exact) mass is 657 g/mol. The fourth-order valence-electron chi connectivity index (χ4n) is 7.69. The van der Waals surface area contributed by atoms with Crippen molar-refractivity contribution in [2.24, 2.45) is 0 Å². The van der Waals surface area contributed by atoms with Crippen molar-refractivity contribution in [2.75, 3.05) is 4.90 Å². The summed E-state index contributed by atoms with van der Waals surface area (Å²) < 4.78 is 6.50. The van der Waals surface area contributed by atoms with Gasteiger partial charge in [0.15, 0.2) is 0 Å². The zero-order chi connectivity index (χ0) is 34.1. The SMILES string of the molecule is C[C@@H]1CC=C(c2ccc(N(c3ccc(C4=CCCC=C4)cc3)c3ccc(-c4cccc(-c5ccccc5)c4)cc3)cc2)c2oc3ccccc3c21. The number of hydrogen-bond donors (Lipinski definition) is 0. The first kappa shape index (κ1) is 30.9. The smallest absolute Gasteiger partial charge is 0.139 e. The minimum absolute atomic E-state index is 0.425. The third-order valence-corrected chi connectivity index (χ3v) is 10.4. The maximum absolute atomic E-state index is 6.50. The van der Waals surface area contributed by atoms with Gasteiger partial charge in [-0.3, -0.25) is 0 Å². The molecule has 0 amide bonds. The van der Waals surface area contributed by atoms with Crippen molar-refractivity contribution in [3.63, 3.8) is 0 Å². The van der Waals surface area contributed by atoms with Crippen LogP contribution < -0.4 is 4.90 Å². The van der Waals surface area contributed by atoms with Crippen molar-refractivity contribution in [3.8, 4) is 22.3 Å². The highest BCUT2D eigenvalue weighted by atomic mass is 16.3. The van der Waals surface area contributed by atoms with Gasteiger partial charge in [-0.2, -0.15) is 0 Å². The number of rotatable bonds is 7. The Morgan fingerprint density at radius 1 is 0.529 bits per heavy atom. The maximum atomic E-state index is 6.50. The molecule has 0 aliphatic heterocycles. The Labute approximate surface area is 300 Å². The van der Waals surface area contributed by atoms with Crippen LogP contribution in [0.2, 0.25) is 0 Å². The Kier molecular flexibility index (Phi) is 8.06. The van der Waals surface area contributed by atoms with Crippen molar-refractivity contribution < 1.29 is 4.42 Å². The average Bonchev–Trinajstić information content (AvgIpc) is 3.60. The fraction of sp³-hybridized carbons (Fsp3) is 0.102. The van der Waals surface area contributed by atoms with Crippen LogP contribution in [0.3, 0.4) is 0 Å². The number of para-hydroxylation sites is 1. The quantitative estimate of drug-likeness (QED) is 0.170. The molecule has 0 fully saturated rings. The number of benzene rings is 6. The number of nitrogens with zero attached hydrogens (tertiary/aromatic N) is 1. The number of hydrogen-bond acceptors (Lipinski definition) is 2. The summed E-state index contributed by atoms with van der Waals surface area (Å²) in [6.07, 6.45) is 12.4. The number of furan rings is 1. The molecule has 51 heavy (non-hydrogen) atoms. The van der Waals surface area contributed by atoms with Gasteiger partial charge in [0.05, 0.1) is 0 Å². The van der Waals surface area contributed by atoms with E-state index in [2.05, 4.69) is 188 Å². The molecule has 246 valence electrons. The predicted octanol–water partition coefficient (Wildman–Crippen LogP) is 13.9. The van der Waals surface area contributed by atoms with Gasteiger partial charge in [-0.15, -0.1) is 0 Å². The summed E-state index contributed by atoms with van der Waals surface area (Å²) in [7, 11) is 0. The lowest BCUT2D eigenvalue weighted by Crippen LogP contribution is -2.10. The van der Waals surface area contributed by atoms with Gasteiger partial charge in [0.2, 0.25) is 0 Å². The first-order chi connectivity index (χ1) is 25.2. The van der Waals surface area contributed by atoms with Crippen LogP contribution in [-0.4, -0.2) is 0 Å². The Morgan fingerprint density at radius 2 is 1.12 bits per heavy atom. The normalized spacial score (nSPS) is 15.3. The molecule has 2 aliphatic carbocycles. The molecule has 9 rings (SSSR count). The molecule has 1 aromatic heterocycles. The van der Waals surface area contributed by atoms with Crippen molar-refractivity contribution in [1.29, 1.82) is 0 Å². The second kappa shape index (κ2) is 13.3. The highest BCUT2D eigenvalue weighted by Crippen LogP contribution is 2.44. The number of fused-ring (bicyclic) bond motifs is 3. The van der Waals surface area contributed by atoms with Crippen molar-refractivity contribution >= 4 is 39.2 Å². The minimum Gasteiger partial charge on any atom is -0.456 e. The molecule has 0 unspecified atom stereocenters. The van der Waals surface area contributed by atoms with Crippen LogP contribution in [0.15, 0.2) is 180 Å². The molecule has 1 heterocycles. The zero-order valence-corrected chi connectivity index (χ0v) is 28.8. The van der Waals surface area contributed by atoms with Gasteiger partial charge < -0.3 is 9.32 Å². The van der Waals surface area contributed by atoms with E-state index in [1.54, 1.807) is 0 Å². The molecule has 0 saturated heterocycles. The molecule has 6 aromatic carbocycles. The van der Waals surface area contributed by atoms with E-state index in [-0.39, 0.29) is 0 Å². The summed E-state index contributed by atoms with van der Waals surface area (Å²) >= 11 is 0. The van der Waals surface area contributed by atoms with E-state index < -0.39 is 0 Å². The summed E-state index contributed by atoms with van der Waals surface area (Å²) in [5.74, 6) is 1.43. The first-order valence-electron chi connectivity index (χ1n) is 18.1. The van der Waals surface area contributed by atoms with Crippen LogP contribution >= 0.6 is 0 Å². The van der Waals surface area contributed by atoms with Gasteiger partial charge in [-0.1, -0.05) is 134 Å². The summed E-state index contributed by atoms with van der Waals surface area (Å²) in [6.45, 7) is 2.30. The van der Waals surface area contributed by atoms with Crippen LogP contribution in [-0.2, 0) is 0 Å². The molecule has 0 spiro atoms. The standard InChI is InChI=1S/C49H39NO/c1-34-19-32-45(49-48(34)46-17-8-9-18-47(46)51-49)39-24-30-44(31-25-39)50(42-26-20-37(21-27-42)35-11-4-2-5-12-35)43-28-22-38(23-29-43)41-16-10-15-40(33-41)36-13-6-3-7-14-36/h3-4,6-18,20-34H,2,5,19H2,1H3/t34-/m1/s1. The third-order valence-electron chi connectivity index (χ3n) is 10.4. The Morgan fingerprint density at radius 3 is 1.78 bits per heavy atom. The molecule has 1 atom stereocenters. The third kappa shape index (κ3) is 5.93. The van der Waals surface area contributed by atoms with E-state index in [0.717, 1.165) is 47.7 Å².